The smallest absolute Gasteiger partial charge is 0.328 e. The number of aliphatic hydroxyl groups is 1. The van der Waals surface area contributed by atoms with Crippen LogP contribution >= 0.6 is 11.8 Å². The van der Waals surface area contributed by atoms with E-state index in [0.717, 1.165) is 45.1 Å². The molecule has 2 aromatic carbocycles. The number of nitrogen functional groups attached to an aromatic ring is 1. The average molecular weight is 479 g/mol. The Morgan fingerprint density at radius 3 is 2.53 bits per heavy atom. The number of hydrogen-bond acceptors (Lipinski definition) is 8. The van der Waals surface area contributed by atoms with Gasteiger partial charge in [-0.1, -0.05) is 37.2 Å². The second kappa shape index (κ2) is 9.03. The van der Waals surface area contributed by atoms with Crippen molar-refractivity contribution < 1.29 is 9.84 Å². The summed E-state index contributed by atoms with van der Waals surface area (Å²) in [4.78, 5) is 28.4. The second-order valence-corrected chi connectivity index (χ2v) is 9.32. The third kappa shape index (κ3) is 3.99. The number of H-pyrrole nitrogens is 1. The van der Waals surface area contributed by atoms with E-state index in [9.17, 15) is 9.90 Å². The summed E-state index contributed by atoms with van der Waals surface area (Å²) in [6.45, 7) is 2.89. The van der Waals surface area contributed by atoms with E-state index in [2.05, 4.69) is 38.9 Å². The van der Waals surface area contributed by atoms with Crippen LogP contribution in [0.5, 0.6) is 6.01 Å². The highest BCUT2D eigenvalue weighted by molar-refractivity contribution is 7.99. The Labute approximate surface area is 200 Å². The number of nitrogens with two attached hydrogens (primary N) is 1. The minimum Gasteiger partial charge on any atom is -0.463 e. The van der Waals surface area contributed by atoms with Gasteiger partial charge in [-0.2, -0.15) is 9.97 Å². The molecule has 0 radical (unpaired) electrons. The van der Waals surface area contributed by atoms with Crippen LogP contribution in [0.4, 0.5) is 17.2 Å². The van der Waals surface area contributed by atoms with Crippen LogP contribution in [-0.4, -0.2) is 38.3 Å². The van der Waals surface area contributed by atoms with E-state index >= 15 is 0 Å². The molecule has 1 aliphatic heterocycles. The predicted molar refractivity (Wildman–Crippen MR) is 133 cm³/mol. The van der Waals surface area contributed by atoms with Gasteiger partial charge in [-0.15, -0.1) is 0 Å². The summed E-state index contributed by atoms with van der Waals surface area (Å²) in [6.07, 6.45) is 1.87. The van der Waals surface area contributed by atoms with Gasteiger partial charge in [0.05, 0.1) is 31.1 Å². The van der Waals surface area contributed by atoms with Crippen LogP contribution in [0.15, 0.2) is 51.0 Å². The maximum atomic E-state index is 12.7. The van der Waals surface area contributed by atoms with Crippen LogP contribution in [0, 0.1) is 0 Å². The lowest BCUT2D eigenvalue weighted by molar-refractivity contribution is 0.281. The number of unbranched alkanes of at least 4 members (excludes halogenated alkanes) is 1. The lowest BCUT2D eigenvalue weighted by atomic mass is 10.1. The molecule has 0 atom stereocenters. The molecule has 3 heterocycles. The Morgan fingerprint density at radius 1 is 1.12 bits per heavy atom. The topological polar surface area (TPSA) is 122 Å². The first-order valence-corrected chi connectivity index (χ1v) is 12.0. The molecule has 0 fully saturated rings. The fourth-order valence-corrected chi connectivity index (χ4v) is 5.29. The third-order valence-corrected chi connectivity index (χ3v) is 6.97. The molecule has 0 unspecified atom stereocenters. The minimum absolute atomic E-state index is 0.00304. The summed E-state index contributed by atoms with van der Waals surface area (Å²) in [6, 6.07) is 12.3. The molecule has 176 valence electrons. The standard InChI is InChI=1S/C24H26N6O3S/c1-3-4-9-33-23-27-21(25)20-22(28-23)30(24(32)26-20)12-14-5-7-16-18(10-14)34-19-11-15(13-31)6-8-17(19)29(16)2/h5-8,10-11,31H,3-4,9,12-13H2,1-2H3,(H,26,32)(H2,25,27,28). The van der Waals surface area contributed by atoms with E-state index in [4.69, 9.17) is 10.5 Å². The predicted octanol–water partition coefficient (Wildman–Crippen LogP) is 3.65. The Morgan fingerprint density at radius 2 is 1.82 bits per heavy atom. The van der Waals surface area contributed by atoms with Crippen molar-refractivity contribution in [3.8, 4) is 6.01 Å². The van der Waals surface area contributed by atoms with E-state index in [1.165, 1.54) is 0 Å². The van der Waals surface area contributed by atoms with Crippen molar-refractivity contribution in [2.45, 2.75) is 42.7 Å². The van der Waals surface area contributed by atoms with Gasteiger partial charge in [0.1, 0.15) is 5.52 Å². The van der Waals surface area contributed by atoms with Crippen LogP contribution < -0.4 is 21.1 Å². The molecule has 4 aromatic rings. The number of nitrogens with one attached hydrogen (secondary N) is 1. The summed E-state index contributed by atoms with van der Waals surface area (Å²) in [5, 5.41) is 9.51. The molecule has 9 nitrogen and oxygen atoms in total. The van der Waals surface area contributed by atoms with Crippen LogP contribution in [0.25, 0.3) is 11.2 Å². The molecule has 0 bridgehead atoms. The van der Waals surface area contributed by atoms with Gasteiger partial charge < -0.3 is 25.5 Å². The Kier molecular flexibility index (Phi) is 5.93. The number of aromatic amines is 1. The van der Waals surface area contributed by atoms with E-state index in [1.807, 2.05) is 31.3 Å². The van der Waals surface area contributed by atoms with Gasteiger partial charge in [-0.05, 0) is 41.8 Å². The van der Waals surface area contributed by atoms with Crippen LogP contribution in [-0.2, 0) is 13.2 Å². The summed E-state index contributed by atoms with van der Waals surface area (Å²) in [5.74, 6) is 0.186. The number of aromatic nitrogens is 4. The van der Waals surface area contributed by atoms with Crippen molar-refractivity contribution in [3.63, 3.8) is 0 Å². The Hall–Kier alpha value is -3.50. The van der Waals surface area contributed by atoms with Crippen LogP contribution in [0.3, 0.4) is 0 Å². The fourth-order valence-electron chi connectivity index (χ4n) is 4.01. The molecular formula is C24H26N6O3S. The largest absolute Gasteiger partial charge is 0.463 e. The quantitative estimate of drug-likeness (QED) is 0.344. The SMILES string of the molecule is CCCCOc1nc(N)c2[nH]c(=O)n(Cc3ccc4c(c3)Sc3cc(CO)ccc3N4C)c2n1. The molecule has 5 rings (SSSR count). The van der Waals surface area contributed by atoms with Crippen LogP contribution in [0.1, 0.15) is 30.9 Å². The molecule has 0 aliphatic carbocycles. The highest BCUT2D eigenvalue weighted by Gasteiger charge is 2.22. The first-order valence-electron chi connectivity index (χ1n) is 11.2. The van der Waals surface area contributed by atoms with E-state index in [0.29, 0.717) is 24.3 Å². The molecular weight excluding hydrogens is 452 g/mol. The van der Waals surface area contributed by atoms with Crippen molar-refractivity contribution in [3.05, 3.63) is 58.0 Å². The zero-order valence-corrected chi connectivity index (χ0v) is 19.9. The Balaban J connectivity index is 1.48. The summed E-state index contributed by atoms with van der Waals surface area (Å²) in [5.41, 5.74) is 10.6. The molecule has 1 aliphatic rings. The first-order chi connectivity index (χ1) is 16.5. The van der Waals surface area contributed by atoms with Gasteiger partial charge in [0.15, 0.2) is 11.5 Å². The number of rotatable bonds is 7. The molecule has 0 saturated carbocycles. The van der Waals surface area contributed by atoms with Crippen molar-refractivity contribution >= 4 is 40.1 Å². The number of nitrogens with zero attached hydrogens (tertiary/aromatic N) is 4. The second-order valence-electron chi connectivity index (χ2n) is 8.23. The highest BCUT2D eigenvalue weighted by Crippen LogP contribution is 2.48. The fraction of sp³-hybridized carbons (Fsp3) is 0.292. The number of anilines is 3. The highest BCUT2D eigenvalue weighted by atomic mass is 32.2. The maximum absolute atomic E-state index is 12.7. The Bertz CT molecular complexity index is 1430. The van der Waals surface area contributed by atoms with Crippen molar-refractivity contribution in [1.29, 1.82) is 0 Å². The summed E-state index contributed by atoms with van der Waals surface area (Å²) in [7, 11) is 2.03. The van der Waals surface area contributed by atoms with E-state index in [1.54, 1.807) is 16.3 Å². The monoisotopic (exact) mass is 478 g/mol. The number of hydrogen-bond donors (Lipinski definition) is 3. The molecule has 2 aromatic heterocycles. The van der Waals surface area contributed by atoms with E-state index in [-0.39, 0.29) is 24.1 Å². The molecule has 0 amide bonds. The van der Waals surface area contributed by atoms with Gasteiger partial charge in [-0.3, -0.25) is 4.57 Å². The molecule has 10 heteroatoms. The number of ether oxygens (including phenoxy) is 1. The maximum Gasteiger partial charge on any atom is 0.328 e. The number of aliphatic hydroxyl groups excluding tert-OH is 1. The summed E-state index contributed by atoms with van der Waals surface area (Å²) >= 11 is 1.65. The molecule has 4 N–H and O–H groups in total. The van der Waals surface area contributed by atoms with Gasteiger partial charge in [-0.25, -0.2) is 4.79 Å². The zero-order valence-electron chi connectivity index (χ0n) is 19.0. The first kappa shape index (κ1) is 22.3. The third-order valence-electron chi connectivity index (χ3n) is 5.87. The summed E-state index contributed by atoms with van der Waals surface area (Å²) < 4.78 is 7.18. The number of fused-ring (bicyclic) bond motifs is 3. The lowest BCUT2D eigenvalue weighted by Crippen LogP contribution is -2.19. The zero-order chi connectivity index (χ0) is 23.8. The lowest BCUT2D eigenvalue weighted by Gasteiger charge is -2.30. The number of imidazole rings is 1. The molecule has 0 spiro atoms. The van der Waals surface area contributed by atoms with Crippen molar-refractivity contribution in [2.24, 2.45) is 0 Å². The van der Waals surface area contributed by atoms with Gasteiger partial charge in [0, 0.05) is 16.8 Å². The van der Waals surface area contributed by atoms with Crippen molar-refractivity contribution in [2.75, 3.05) is 24.3 Å². The number of benzene rings is 2. The normalized spacial score (nSPS) is 12.6. The van der Waals surface area contributed by atoms with Gasteiger partial charge >= 0.3 is 11.7 Å². The van der Waals surface area contributed by atoms with Crippen LogP contribution in [0.2, 0.25) is 0 Å². The van der Waals surface area contributed by atoms with Gasteiger partial charge in [0.25, 0.3) is 0 Å². The van der Waals surface area contributed by atoms with Gasteiger partial charge in [0.2, 0.25) is 0 Å². The van der Waals surface area contributed by atoms with Crippen molar-refractivity contribution in [1.82, 2.24) is 19.5 Å². The average Bonchev–Trinajstić information content (AvgIpc) is 3.14. The minimum atomic E-state index is -0.304. The molecule has 0 saturated heterocycles. The van der Waals surface area contributed by atoms with E-state index < -0.39 is 0 Å². The molecule has 34 heavy (non-hydrogen) atoms.